The van der Waals surface area contributed by atoms with Crippen LogP contribution in [-0.2, 0) is 9.59 Å². The molecule has 3 unspecified atom stereocenters. The van der Waals surface area contributed by atoms with Crippen molar-refractivity contribution in [2.75, 3.05) is 6.54 Å². The molecule has 5 heteroatoms. The van der Waals surface area contributed by atoms with Gasteiger partial charge in [0.05, 0.1) is 6.04 Å². The maximum absolute atomic E-state index is 10.6. The van der Waals surface area contributed by atoms with Gasteiger partial charge in [-0.1, -0.05) is 0 Å². The molecule has 0 aromatic carbocycles. The minimum absolute atomic E-state index is 0.0523. The summed E-state index contributed by atoms with van der Waals surface area (Å²) in [6.45, 7) is 0.505. The Morgan fingerprint density at radius 2 is 2.08 bits per heavy atom. The van der Waals surface area contributed by atoms with Crippen LogP contribution in [-0.4, -0.2) is 34.5 Å². The second-order valence-electron chi connectivity index (χ2n) is 3.24. The monoisotopic (exact) mass is 207 g/mol. The highest BCUT2D eigenvalue weighted by atomic mass is 35.5. The lowest BCUT2D eigenvalue weighted by molar-refractivity contribution is -0.124. The summed E-state index contributed by atoms with van der Waals surface area (Å²) in [6, 6.07) is -0.414. The Morgan fingerprint density at radius 1 is 1.42 bits per heavy atom. The Morgan fingerprint density at radius 3 is 2.58 bits per heavy atom. The van der Waals surface area contributed by atoms with E-state index in [-0.39, 0.29) is 11.8 Å². The molecular weight excluding hydrogens is 201 g/mol. The van der Waals surface area contributed by atoms with E-state index in [9.17, 15) is 9.59 Å². The molecular formula is C7H7Cl2NO2. The predicted octanol–water partition coefficient (Wildman–Crippen LogP) is 0.446. The maximum Gasteiger partial charge on any atom is 0.210 e. The van der Waals surface area contributed by atoms with E-state index >= 15 is 0 Å². The zero-order chi connectivity index (χ0) is 8.93. The van der Waals surface area contributed by atoms with Crippen LogP contribution in [0.1, 0.15) is 0 Å². The molecule has 1 amide bonds. The molecule has 66 valence electrons. The first-order chi connectivity index (χ1) is 5.62. The van der Waals surface area contributed by atoms with Gasteiger partial charge in [-0.2, -0.15) is 0 Å². The second-order valence-corrected chi connectivity index (χ2v) is 4.68. The fraction of sp³-hybridized carbons (Fsp3) is 0.714. The van der Waals surface area contributed by atoms with Crippen LogP contribution in [0.15, 0.2) is 0 Å². The third kappa shape index (κ3) is 0.837. The first kappa shape index (κ1) is 8.32. The molecule has 1 aliphatic heterocycles. The van der Waals surface area contributed by atoms with Crippen LogP contribution in [0.25, 0.3) is 0 Å². The number of alkyl halides is 2. The fourth-order valence-corrected chi connectivity index (χ4v) is 2.79. The van der Waals surface area contributed by atoms with Crippen LogP contribution in [0.5, 0.6) is 0 Å². The number of nitrogens with zero attached hydrogens (tertiary/aromatic N) is 1. The Labute approximate surface area is 79.6 Å². The number of carbonyl (C=O) groups excluding carboxylic acids is 2. The van der Waals surface area contributed by atoms with Crippen LogP contribution in [0.4, 0.5) is 0 Å². The molecule has 0 aromatic rings. The van der Waals surface area contributed by atoms with Crippen molar-refractivity contribution in [3.63, 3.8) is 0 Å². The third-order valence-corrected chi connectivity index (χ3v) is 3.76. The van der Waals surface area contributed by atoms with Gasteiger partial charge in [-0.3, -0.25) is 4.79 Å². The number of hydrogen-bond donors (Lipinski definition) is 0. The minimum Gasteiger partial charge on any atom is -0.335 e. The summed E-state index contributed by atoms with van der Waals surface area (Å²) in [5.74, 6) is 0.0322. The summed E-state index contributed by atoms with van der Waals surface area (Å²) in [6.07, 6.45) is 1.42. The van der Waals surface area contributed by atoms with E-state index in [4.69, 9.17) is 23.2 Å². The molecule has 1 aliphatic carbocycles. The summed E-state index contributed by atoms with van der Waals surface area (Å²) in [7, 11) is 0. The number of amides is 1. The molecule has 1 saturated heterocycles. The summed E-state index contributed by atoms with van der Waals surface area (Å²) in [5.41, 5.74) is 0. The zero-order valence-corrected chi connectivity index (χ0v) is 7.63. The Bertz CT molecular complexity index is 244. The Balaban J connectivity index is 2.17. The van der Waals surface area contributed by atoms with E-state index in [0.29, 0.717) is 13.0 Å². The van der Waals surface area contributed by atoms with E-state index in [1.54, 1.807) is 0 Å². The van der Waals surface area contributed by atoms with Gasteiger partial charge in [0.1, 0.15) is 10.6 Å². The summed E-state index contributed by atoms with van der Waals surface area (Å²) in [4.78, 5) is 22.5. The van der Waals surface area contributed by atoms with Crippen molar-refractivity contribution in [1.82, 2.24) is 4.90 Å². The van der Waals surface area contributed by atoms with Gasteiger partial charge >= 0.3 is 0 Å². The third-order valence-electron chi connectivity index (χ3n) is 2.70. The molecule has 2 aliphatic rings. The van der Waals surface area contributed by atoms with Crippen molar-refractivity contribution in [1.29, 1.82) is 0 Å². The number of fused-ring (bicyclic) bond motifs is 1. The van der Waals surface area contributed by atoms with E-state index < -0.39 is 10.4 Å². The van der Waals surface area contributed by atoms with Gasteiger partial charge in [0, 0.05) is 18.4 Å². The number of carbonyl (C=O) groups is 2. The molecule has 1 heterocycles. The molecule has 0 bridgehead atoms. The maximum atomic E-state index is 10.6. The van der Waals surface area contributed by atoms with Gasteiger partial charge in [0.25, 0.3) is 0 Å². The van der Waals surface area contributed by atoms with Crippen LogP contribution in [0, 0.1) is 11.8 Å². The molecule has 12 heavy (non-hydrogen) atoms. The van der Waals surface area contributed by atoms with Crippen molar-refractivity contribution < 1.29 is 9.59 Å². The average molecular weight is 208 g/mol. The summed E-state index contributed by atoms with van der Waals surface area (Å²) >= 11 is 11.7. The van der Waals surface area contributed by atoms with E-state index in [2.05, 4.69) is 0 Å². The van der Waals surface area contributed by atoms with Gasteiger partial charge in [0.15, 0.2) is 0 Å². The lowest BCUT2D eigenvalue weighted by atomic mass is 10.2. The molecule has 0 spiro atoms. The number of halogens is 2. The molecule has 2 fully saturated rings. The molecule has 0 N–H and O–H groups in total. The van der Waals surface area contributed by atoms with Crippen molar-refractivity contribution in [2.24, 2.45) is 11.8 Å². The van der Waals surface area contributed by atoms with Crippen molar-refractivity contribution in [3.8, 4) is 0 Å². The van der Waals surface area contributed by atoms with E-state index in [1.807, 2.05) is 0 Å². The lowest BCUT2D eigenvalue weighted by Gasteiger charge is -2.20. The van der Waals surface area contributed by atoms with Crippen molar-refractivity contribution >= 4 is 35.9 Å². The predicted molar refractivity (Wildman–Crippen MR) is 44.0 cm³/mol. The number of likely N-dealkylation sites (tertiary alicyclic amines) is 1. The van der Waals surface area contributed by atoms with Gasteiger partial charge in [0.2, 0.25) is 6.41 Å². The molecule has 3 atom stereocenters. The summed E-state index contributed by atoms with van der Waals surface area (Å²) < 4.78 is -0.773. The van der Waals surface area contributed by atoms with Crippen LogP contribution >= 0.6 is 23.2 Å². The number of hydrogen-bond acceptors (Lipinski definition) is 2. The van der Waals surface area contributed by atoms with Gasteiger partial charge in [-0.25, -0.2) is 0 Å². The largest absolute Gasteiger partial charge is 0.335 e. The number of aldehydes is 1. The molecule has 3 nitrogen and oxygen atoms in total. The van der Waals surface area contributed by atoms with Crippen LogP contribution in [0.3, 0.4) is 0 Å². The number of piperidine rings is 1. The van der Waals surface area contributed by atoms with Gasteiger partial charge in [-0.15, -0.1) is 23.2 Å². The van der Waals surface area contributed by atoms with Crippen LogP contribution in [0.2, 0.25) is 0 Å². The minimum atomic E-state index is -0.773. The highest BCUT2D eigenvalue weighted by molar-refractivity contribution is 6.51. The topological polar surface area (TPSA) is 37.4 Å². The molecule has 2 rings (SSSR count). The average Bonchev–Trinajstić information content (AvgIpc) is 2.50. The zero-order valence-electron chi connectivity index (χ0n) is 6.11. The Kier molecular flexibility index (Phi) is 1.64. The molecule has 0 radical (unpaired) electrons. The first-order valence-electron chi connectivity index (χ1n) is 3.67. The highest BCUT2D eigenvalue weighted by Crippen LogP contribution is 2.64. The normalized spacial score (nSPS) is 42.2. The van der Waals surface area contributed by atoms with Crippen LogP contribution < -0.4 is 0 Å². The summed E-state index contributed by atoms with van der Waals surface area (Å²) in [5, 5.41) is 0. The lowest BCUT2D eigenvalue weighted by Crippen LogP contribution is -2.36. The van der Waals surface area contributed by atoms with Crippen molar-refractivity contribution in [2.45, 2.75) is 10.4 Å². The fourth-order valence-electron chi connectivity index (χ4n) is 1.95. The SMILES string of the molecule is O=CC1C2C(CN1C=O)C2(Cl)Cl. The molecule has 0 aromatic heterocycles. The van der Waals surface area contributed by atoms with Crippen molar-refractivity contribution in [3.05, 3.63) is 0 Å². The van der Waals surface area contributed by atoms with Gasteiger partial charge in [-0.05, 0) is 0 Å². The van der Waals surface area contributed by atoms with E-state index in [0.717, 1.165) is 6.29 Å². The molecule has 1 saturated carbocycles. The standard InChI is InChI=1S/C7H7Cl2NO2/c8-7(9)4-1-10(3-12)5(2-11)6(4)7/h2-6H,1H2. The first-order valence-corrected chi connectivity index (χ1v) is 4.42. The number of rotatable bonds is 2. The Hall–Kier alpha value is -0.280. The highest BCUT2D eigenvalue weighted by Gasteiger charge is 2.71. The van der Waals surface area contributed by atoms with E-state index in [1.165, 1.54) is 4.90 Å². The quantitative estimate of drug-likeness (QED) is 0.488. The van der Waals surface area contributed by atoms with Gasteiger partial charge < -0.3 is 9.69 Å². The second kappa shape index (κ2) is 2.36. The smallest absolute Gasteiger partial charge is 0.210 e.